The molecule has 0 atom stereocenters. The number of aromatic nitrogens is 1. The maximum Gasteiger partial charge on any atom is 0.133 e. The Balaban J connectivity index is 2.38. The summed E-state index contributed by atoms with van der Waals surface area (Å²) in [6, 6.07) is 4.48. The zero-order valence-corrected chi connectivity index (χ0v) is 10.2. The fourth-order valence-corrected chi connectivity index (χ4v) is 2.46. The van der Waals surface area contributed by atoms with Gasteiger partial charge in [0.2, 0.25) is 0 Å². The summed E-state index contributed by atoms with van der Waals surface area (Å²) in [5, 5.41) is 4.20. The fraction of sp³-hybridized carbons (Fsp3) is 0.182. The van der Waals surface area contributed by atoms with Gasteiger partial charge in [0, 0.05) is 28.2 Å². The zero-order chi connectivity index (χ0) is 11.5. The quantitative estimate of drug-likeness (QED) is 0.911. The largest absolute Gasteiger partial charge is 0.315 e. The number of nitrogens with zero attached hydrogens (tertiary/aromatic N) is 1. The van der Waals surface area contributed by atoms with Crippen molar-refractivity contribution in [3.05, 3.63) is 40.1 Å². The van der Waals surface area contributed by atoms with Crippen molar-refractivity contribution in [2.24, 2.45) is 0 Å². The average Bonchev–Trinajstić information content (AvgIpc) is 2.71. The van der Waals surface area contributed by atoms with Crippen LogP contribution in [0.4, 0.5) is 4.39 Å². The van der Waals surface area contributed by atoms with Crippen LogP contribution in [0.1, 0.15) is 4.88 Å². The third-order valence-corrected chi connectivity index (χ3v) is 3.33. The lowest BCUT2D eigenvalue weighted by Crippen LogP contribution is -2.02. The Hall–Kier alpha value is -0.970. The Kier molecular flexibility index (Phi) is 3.53. The lowest BCUT2D eigenvalue weighted by Gasteiger charge is -1.99. The van der Waals surface area contributed by atoms with Crippen molar-refractivity contribution >= 4 is 22.9 Å². The molecule has 2 nitrogen and oxygen atoms in total. The Morgan fingerprint density at radius 1 is 1.50 bits per heavy atom. The van der Waals surface area contributed by atoms with Crippen LogP contribution in [0.15, 0.2) is 24.4 Å². The van der Waals surface area contributed by atoms with Gasteiger partial charge in [-0.15, -0.1) is 11.3 Å². The van der Waals surface area contributed by atoms with Gasteiger partial charge in [0.05, 0.1) is 0 Å². The fourth-order valence-electron chi connectivity index (χ4n) is 1.35. The van der Waals surface area contributed by atoms with E-state index < -0.39 is 0 Å². The first-order chi connectivity index (χ1) is 7.70. The number of halogens is 2. The molecule has 0 aliphatic rings. The highest BCUT2D eigenvalue weighted by molar-refractivity contribution is 7.15. The molecule has 0 fully saturated rings. The first-order valence-corrected chi connectivity index (χ1v) is 5.95. The first kappa shape index (κ1) is 11.5. The summed E-state index contributed by atoms with van der Waals surface area (Å²) < 4.78 is 13.5. The zero-order valence-electron chi connectivity index (χ0n) is 8.63. The highest BCUT2D eigenvalue weighted by Gasteiger charge is 2.10. The van der Waals surface area contributed by atoms with Crippen LogP contribution in [0.2, 0.25) is 5.02 Å². The molecule has 16 heavy (non-hydrogen) atoms. The standard InChI is InChI=1S/C11H10ClFN2S/c1-14-5-8-6-15-11(16-8)9-4-7(12)2-3-10(9)13/h2-4,6,14H,5H2,1H3. The van der Waals surface area contributed by atoms with Gasteiger partial charge in [0.25, 0.3) is 0 Å². The third kappa shape index (κ3) is 2.40. The Morgan fingerprint density at radius 2 is 2.31 bits per heavy atom. The van der Waals surface area contributed by atoms with Gasteiger partial charge in [-0.2, -0.15) is 0 Å². The molecule has 1 N–H and O–H groups in total. The van der Waals surface area contributed by atoms with Crippen molar-refractivity contribution in [2.45, 2.75) is 6.54 Å². The van der Waals surface area contributed by atoms with Crippen LogP contribution in [0.5, 0.6) is 0 Å². The van der Waals surface area contributed by atoms with Gasteiger partial charge in [0.1, 0.15) is 10.8 Å². The summed E-state index contributed by atoms with van der Waals surface area (Å²) >= 11 is 7.29. The van der Waals surface area contributed by atoms with Crippen molar-refractivity contribution in [3.8, 4) is 10.6 Å². The number of hydrogen-bond acceptors (Lipinski definition) is 3. The maximum atomic E-state index is 13.5. The van der Waals surface area contributed by atoms with E-state index in [9.17, 15) is 4.39 Å². The van der Waals surface area contributed by atoms with E-state index in [0.717, 1.165) is 11.4 Å². The molecule has 0 bridgehead atoms. The highest BCUT2D eigenvalue weighted by atomic mass is 35.5. The number of benzene rings is 1. The van der Waals surface area contributed by atoms with E-state index in [1.54, 1.807) is 12.3 Å². The molecular weight excluding hydrogens is 247 g/mol. The molecule has 5 heteroatoms. The van der Waals surface area contributed by atoms with Crippen molar-refractivity contribution in [2.75, 3.05) is 7.05 Å². The molecule has 1 aromatic carbocycles. The third-order valence-electron chi connectivity index (χ3n) is 2.06. The number of rotatable bonds is 3. The van der Waals surface area contributed by atoms with Gasteiger partial charge >= 0.3 is 0 Å². The van der Waals surface area contributed by atoms with Gasteiger partial charge in [-0.3, -0.25) is 0 Å². The number of hydrogen-bond donors (Lipinski definition) is 1. The number of nitrogens with one attached hydrogen (secondary N) is 1. The monoisotopic (exact) mass is 256 g/mol. The minimum Gasteiger partial charge on any atom is -0.315 e. The van der Waals surface area contributed by atoms with E-state index in [1.165, 1.54) is 23.5 Å². The Labute approximate surface area is 102 Å². The second-order valence-corrected chi connectivity index (χ2v) is 4.84. The van der Waals surface area contributed by atoms with Gasteiger partial charge in [-0.05, 0) is 25.2 Å². The van der Waals surface area contributed by atoms with Gasteiger partial charge in [-0.25, -0.2) is 9.37 Å². The molecule has 2 rings (SSSR count). The summed E-state index contributed by atoms with van der Waals surface area (Å²) in [4.78, 5) is 5.25. The van der Waals surface area contributed by atoms with E-state index in [4.69, 9.17) is 11.6 Å². The molecule has 0 spiro atoms. The van der Waals surface area contributed by atoms with Crippen LogP contribution in [0.3, 0.4) is 0 Å². The molecule has 2 aromatic rings. The molecule has 0 unspecified atom stereocenters. The first-order valence-electron chi connectivity index (χ1n) is 4.75. The minimum absolute atomic E-state index is 0.297. The Morgan fingerprint density at radius 3 is 3.06 bits per heavy atom. The second kappa shape index (κ2) is 4.91. The molecule has 1 aromatic heterocycles. The smallest absolute Gasteiger partial charge is 0.133 e. The second-order valence-electron chi connectivity index (χ2n) is 3.29. The normalized spacial score (nSPS) is 10.7. The Bertz CT molecular complexity index is 498. The summed E-state index contributed by atoms with van der Waals surface area (Å²) in [5.74, 6) is -0.297. The summed E-state index contributed by atoms with van der Waals surface area (Å²) in [6.07, 6.45) is 1.75. The summed E-state index contributed by atoms with van der Waals surface area (Å²) in [6.45, 7) is 0.736. The maximum absolute atomic E-state index is 13.5. The van der Waals surface area contributed by atoms with Crippen LogP contribution in [0, 0.1) is 5.82 Å². The molecule has 0 amide bonds. The van der Waals surface area contributed by atoms with E-state index in [2.05, 4.69) is 10.3 Å². The lowest BCUT2D eigenvalue weighted by molar-refractivity contribution is 0.631. The van der Waals surface area contributed by atoms with E-state index in [0.29, 0.717) is 15.6 Å². The van der Waals surface area contributed by atoms with Crippen LogP contribution in [0.25, 0.3) is 10.6 Å². The SMILES string of the molecule is CNCc1cnc(-c2cc(Cl)ccc2F)s1. The van der Waals surface area contributed by atoms with Crippen LogP contribution in [-0.2, 0) is 6.54 Å². The predicted octanol–water partition coefficient (Wildman–Crippen LogP) is 3.32. The van der Waals surface area contributed by atoms with Crippen molar-refractivity contribution < 1.29 is 4.39 Å². The molecule has 0 aliphatic heterocycles. The van der Waals surface area contributed by atoms with Crippen molar-refractivity contribution in [1.29, 1.82) is 0 Å². The summed E-state index contributed by atoms with van der Waals surface area (Å²) in [5.41, 5.74) is 0.458. The molecule has 0 saturated carbocycles. The van der Waals surface area contributed by atoms with Gasteiger partial charge < -0.3 is 5.32 Å². The molecule has 1 heterocycles. The molecule has 0 saturated heterocycles. The van der Waals surface area contributed by atoms with Crippen LogP contribution in [-0.4, -0.2) is 12.0 Å². The lowest BCUT2D eigenvalue weighted by atomic mass is 10.2. The minimum atomic E-state index is -0.297. The van der Waals surface area contributed by atoms with Crippen molar-refractivity contribution in [3.63, 3.8) is 0 Å². The molecule has 0 radical (unpaired) electrons. The average molecular weight is 257 g/mol. The topological polar surface area (TPSA) is 24.9 Å². The predicted molar refractivity (Wildman–Crippen MR) is 65.3 cm³/mol. The molecular formula is C11H10ClFN2S. The van der Waals surface area contributed by atoms with Crippen molar-refractivity contribution in [1.82, 2.24) is 10.3 Å². The van der Waals surface area contributed by atoms with E-state index >= 15 is 0 Å². The summed E-state index contributed by atoms with van der Waals surface area (Å²) in [7, 11) is 1.86. The van der Waals surface area contributed by atoms with E-state index in [1.807, 2.05) is 7.05 Å². The van der Waals surface area contributed by atoms with Crippen LogP contribution < -0.4 is 5.32 Å². The van der Waals surface area contributed by atoms with E-state index in [-0.39, 0.29) is 5.82 Å². The molecule has 0 aliphatic carbocycles. The van der Waals surface area contributed by atoms with Gasteiger partial charge in [-0.1, -0.05) is 11.6 Å². The highest BCUT2D eigenvalue weighted by Crippen LogP contribution is 2.29. The molecule has 84 valence electrons. The number of thiazole rings is 1. The van der Waals surface area contributed by atoms with Crippen LogP contribution >= 0.6 is 22.9 Å². The van der Waals surface area contributed by atoms with Gasteiger partial charge in [0.15, 0.2) is 0 Å².